The standard InChI is InChI=1S/C21H33N3O/c1-16(2)19-11-7-8-17(3)20(19)23-12-14-24(15-13-23)21(25)22-18-9-5-4-6-10-18/h7-8,11,16,18H,4-6,9-10,12-15H2,1-3H3,(H,22,25). The number of amides is 2. The highest BCUT2D eigenvalue weighted by Gasteiger charge is 2.25. The van der Waals surface area contributed by atoms with E-state index in [0.717, 1.165) is 39.0 Å². The topological polar surface area (TPSA) is 35.6 Å². The number of carbonyl (C=O) groups excluding carboxylic acids is 1. The Kier molecular flexibility index (Phi) is 5.87. The maximum atomic E-state index is 12.5. The monoisotopic (exact) mass is 343 g/mol. The van der Waals surface area contributed by atoms with Crippen LogP contribution >= 0.6 is 0 Å². The summed E-state index contributed by atoms with van der Waals surface area (Å²) in [7, 11) is 0. The molecule has 1 aliphatic heterocycles. The van der Waals surface area contributed by atoms with Crippen LogP contribution in [0.4, 0.5) is 10.5 Å². The highest BCUT2D eigenvalue weighted by atomic mass is 16.2. The van der Waals surface area contributed by atoms with Crippen LogP contribution in [0.15, 0.2) is 18.2 Å². The number of aryl methyl sites for hydroxylation is 1. The Morgan fingerprint density at radius 1 is 1.08 bits per heavy atom. The van der Waals surface area contributed by atoms with Crippen LogP contribution in [0, 0.1) is 6.92 Å². The number of carbonyl (C=O) groups is 1. The molecule has 4 heteroatoms. The summed E-state index contributed by atoms with van der Waals surface area (Å²) < 4.78 is 0. The first-order valence-electron chi connectivity index (χ1n) is 9.96. The summed E-state index contributed by atoms with van der Waals surface area (Å²) in [5.41, 5.74) is 4.14. The first-order valence-corrected chi connectivity index (χ1v) is 9.96. The predicted octanol–water partition coefficient (Wildman–Crippen LogP) is 4.28. The first kappa shape index (κ1) is 18.1. The molecule has 138 valence electrons. The molecule has 0 bridgehead atoms. The van der Waals surface area contributed by atoms with Crippen molar-refractivity contribution in [2.45, 2.75) is 64.8 Å². The number of hydrogen-bond donors (Lipinski definition) is 1. The summed E-state index contributed by atoms with van der Waals surface area (Å²) in [4.78, 5) is 17.0. The van der Waals surface area contributed by atoms with Crippen LogP contribution in [0.2, 0.25) is 0 Å². The van der Waals surface area contributed by atoms with Crippen molar-refractivity contribution in [3.05, 3.63) is 29.3 Å². The molecule has 2 aliphatic rings. The van der Waals surface area contributed by atoms with Crippen LogP contribution in [0.25, 0.3) is 0 Å². The average molecular weight is 344 g/mol. The molecular weight excluding hydrogens is 310 g/mol. The zero-order valence-corrected chi connectivity index (χ0v) is 16.1. The van der Waals surface area contributed by atoms with E-state index in [-0.39, 0.29) is 6.03 Å². The van der Waals surface area contributed by atoms with E-state index >= 15 is 0 Å². The lowest BCUT2D eigenvalue weighted by molar-refractivity contribution is 0.186. The zero-order valence-electron chi connectivity index (χ0n) is 16.1. The lowest BCUT2D eigenvalue weighted by Crippen LogP contribution is -2.54. The maximum absolute atomic E-state index is 12.5. The third kappa shape index (κ3) is 4.28. The van der Waals surface area contributed by atoms with Crippen LogP contribution in [0.3, 0.4) is 0 Å². The predicted molar refractivity (Wildman–Crippen MR) is 104 cm³/mol. The third-order valence-corrected chi connectivity index (χ3v) is 5.71. The van der Waals surface area contributed by atoms with E-state index in [2.05, 4.69) is 49.2 Å². The minimum absolute atomic E-state index is 0.139. The van der Waals surface area contributed by atoms with E-state index in [1.807, 2.05) is 4.90 Å². The van der Waals surface area contributed by atoms with Crippen LogP contribution in [-0.2, 0) is 0 Å². The summed E-state index contributed by atoms with van der Waals surface area (Å²) in [6, 6.07) is 7.13. The summed E-state index contributed by atoms with van der Waals surface area (Å²) in [6.45, 7) is 10.2. The number of rotatable bonds is 3. The van der Waals surface area contributed by atoms with Crippen LogP contribution in [0.5, 0.6) is 0 Å². The summed E-state index contributed by atoms with van der Waals surface area (Å²) in [5.74, 6) is 0.516. The zero-order chi connectivity index (χ0) is 17.8. The quantitative estimate of drug-likeness (QED) is 0.889. The van der Waals surface area contributed by atoms with Gasteiger partial charge in [-0.1, -0.05) is 51.3 Å². The summed E-state index contributed by atoms with van der Waals surface area (Å²) in [6.07, 6.45) is 6.12. The molecule has 0 unspecified atom stereocenters. The van der Waals surface area contributed by atoms with E-state index in [1.54, 1.807) is 0 Å². The third-order valence-electron chi connectivity index (χ3n) is 5.71. The molecule has 25 heavy (non-hydrogen) atoms. The van der Waals surface area contributed by atoms with Crippen molar-refractivity contribution in [1.29, 1.82) is 0 Å². The number of para-hydroxylation sites is 1. The molecule has 4 nitrogen and oxygen atoms in total. The van der Waals surface area contributed by atoms with Gasteiger partial charge in [0, 0.05) is 37.9 Å². The van der Waals surface area contributed by atoms with E-state index in [9.17, 15) is 4.79 Å². The van der Waals surface area contributed by atoms with E-state index in [1.165, 1.54) is 36.1 Å². The maximum Gasteiger partial charge on any atom is 0.317 e. The van der Waals surface area contributed by atoms with Gasteiger partial charge in [-0.2, -0.15) is 0 Å². The van der Waals surface area contributed by atoms with Gasteiger partial charge in [0.15, 0.2) is 0 Å². The van der Waals surface area contributed by atoms with E-state index < -0.39 is 0 Å². The number of piperazine rings is 1. The molecule has 1 N–H and O–H groups in total. The van der Waals surface area contributed by atoms with Gasteiger partial charge in [0.2, 0.25) is 0 Å². The second-order valence-electron chi connectivity index (χ2n) is 7.93. The molecule has 1 aromatic rings. The molecule has 1 saturated heterocycles. The largest absolute Gasteiger partial charge is 0.368 e. The van der Waals surface area contributed by atoms with Crippen molar-refractivity contribution < 1.29 is 4.79 Å². The molecule has 0 atom stereocenters. The van der Waals surface area contributed by atoms with Crippen molar-refractivity contribution in [2.75, 3.05) is 31.1 Å². The Morgan fingerprint density at radius 2 is 1.76 bits per heavy atom. The van der Waals surface area contributed by atoms with Gasteiger partial charge in [0.05, 0.1) is 0 Å². The minimum atomic E-state index is 0.139. The van der Waals surface area contributed by atoms with Crippen LogP contribution < -0.4 is 10.2 Å². The van der Waals surface area contributed by atoms with Gasteiger partial charge in [-0.15, -0.1) is 0 Å². The van der Waals surface area contributed by atoms with Gasteiger partial charge >= 0.3 is 6.03 Å². The molecule has 1 aliphatic carbocycles. The van der Waals surface area contributed by atoms with Gasteiger partial charge in [0.1, 0.15) is 0 Å². The van der Waals surface area contributed by atoms with Crippen molar-refractivity contribution in [3.63, 3.8) is 0 Å². The number of nitrogens with one attached hydrogen (secondary N) is 1. The Hall–Kier alpha value is -1.71. The Bertz CT molecular complexity index is 585. The van der Waals surface area contributed by atoms with Crippen molar-refractivity contribution >= 4 is 11.7 Å². The molecule has 1 aromatic carbocycles. The molecule has 3 rings (SSSR count). The van der Waals surface area contributed by atoms with Gasteiger partial charge in [0.25, 0.3) is 0 Å². The normalized spacial score (nSPS) is 19.4. The number of urea groups is 1. The molecule has 2 amide bonds. The Morgan fingerprint density at radius 3 is 2.40 bits per heavy atom. The molecule has 2 fully saturated rings. The van der Waals surface area contributed by atoms with Crippen molar-refractivity contribution in [1.82, 2.24) is 10.2 Å². The fourth-order valence-electron chi connectivity index (χ4n) is 4.23. The minimum Gasteiger partial charge on any atom is -0.368 e. The first-order chi connectivity index (χ1) is 12.1. The fraction of sp³-hybridized carbons (Fsp3) is 0.667. The molecule has 1 saturated carbocycles. The number of benzene rings is 1. The van der Waals surface area contributed by atoms with E-state index in [0.29, 0.717) is 12.0 Å². The number of anilines is 1. The average Bonchev–Trinajstić information content (AvgIpc) is 2.62. The SMILES string of the molecule is Cc1cccc(C(C)C)c1N1CCN(C(=O)NC2CCCCC2)CC1. The molecule has 0 aromatic heterocycles. The Labute approximate surface area is 152 Å². The van der Waals surface area contributed by atoms with Gasteiger partial charge < -0.3 is 15.1 Å². The second kappa shape index (κ2) is 8.11. The fourth-order valence-corrected chi connectivity index (χ4v) is 4.23. The smallest absolute Gasteiger partial charge is 0.317 e. The molecule has 1 heterocycles. The lowest BCUT2D eigenvalue weighted by Gasteiger charge is -2.39. The second-order valence-corrected chi connectivity index (χ2v) is 7.93. The van der Waals surface area contributed by atoms with Crippen LogP contribution in [0.1, 0.15) is 63.0 Å². The van der Waals surface area contributed by atoms with Crippen molar-refractivity contribution in [3.8, 4) is 0 Å². The van der Waals surface area contributed by atoms with Gasteiger partial charge in [-0.25, -0.2) is 4.79 Å². The van der Waals surface area contributed by atoms with E-state index in [4.69, 9.17) is 0 Å². The molecule has 0 spiro atoms. The van der Waals surface area contributed by atoms with Crippen molar-refractivity contribution in [2.24, 2.45) is 0 Å². The van der Waals surface area contributed by atoms with Crippen LogP contribution in [-0.4, -0.2) is 43.2 Å². The number of nitrogens with zero attached hydrogens (tertiary/aromatic N) is 2. The summed E-state index contributed by atoms with van der Waals surface area (Å²) in [5, 5.41) is 3.25. The highest BCUT2D eigenvalue weighted by molar-refractivity contribution is 5.75. The van der Waals surface area contributed by atoms with Gasteiger partial charge in [-0.05, 0) is 36.8 Å². The van der Waals surface area contributed by atoms with Gasteiger partial charge in [-0.3, -0.25) is 0 Å². The highest BCUT2D eigenvalue weighted by Crippen LogP contribution is 2.31. The molecule has 0 radical (unpaired) electrons. The lowest BCUT2D eigenvalue weighted by atomic mass is 9.96. The molecular formula is C21H33N3O. The summed E-state index contributed by atoms with van der Waals surface area (Å²) >= 11 is 0. The Balaban J connectivity index is 1.59. The number of hydrogen-bond acceptors (Lipinski definition) is 2.